The number of hydrogen-bond acceptors (Lipinski definition) is 3. The normalized spacial score (nSPS) is 21.3. The molecule has 2 aliphatic rings. The third-order valence-corrected chi connectivity index (χ3v) is 6.22. The lowest BCUT2D eigenvalue weighted by molar-refractivity contribution is -0.137. The van der Waals surface area contributed by atoms with Gasteiger partial charge in [-0.2, -0.15) is 13.2 Å². The van der Waals surface area contributed by atoms with E-state index in [1.54, 1.807) is 18.2 Å². The van der Waals surface area contributed by atoms with Gasteiger partial charge in [-0.05, 0) is 61.1 Å². The number of alkyl halides is 3. The van der Waals surface area contributed by atoms with Crippen LogP contribution in [0.3, 0.4) is 0 Å². The lowest BCUT2D eigenvalue weighted by Crippen LogP contribution is -2.21. The maximum absolute atomic E-state index is 12.9. The van der Waals surface area contributed by atoms with Crippen molar-refractivity contribution in [2.45, 2.75) is 38.8 Å². The SMILES string of the molecule is CCc1ccc(Oc2ccc(C(F)(F)F)c(Cl)c2)cc1C1=C(O)[C@@H]2CC[C@H](C2)C1=O. The molecule has 4 rings (SSSR count). The van der Waals surface area contributed by atoms with Crippen LogP contribution >= 0.6 is 11.6 Å². The first-order valence-corrected chi connectivity index (χ1v) is 10.2. The summed E-state index contributed by atoms with van der Waals surface area (Å²) in [4.78, 5) is 12.9. The van der Waals surface area contributed by atoms with Crippen molar-refractivity contribution >= 4 is 23.0 Å². The summed E-state index contributed by atoms with van der Waals surface area (Å²) in [5, 5.41) is 10.3. The van der Waals surface area contributed by atoms with Gasteiger partial charge in [0.1, 0.15) is 17.3 Å². The summed E-state index contributed by atoms with van der Waals surface area (Å²) in [5.41, 5.74) is 0.925. The van der Waals surface area contributed by atoms with Gasteiger partial charge in [0.05, 0.1) is 16.2 Å². The van der Waals surface area contributed by atoms with E-state index in [0.29, 0.717) is 29.7 Å². The number of aryl methyl sites for hydroxylation is 1. The molecule has 0 unspecified atom stereocenters. The molecule has 0 saturated heterocycles. The second-order valence-electron chi connectivity index (χ2n) is 7.75. The van der Waals surface area contributed by atoms with Gasteiger partial charge in [-0.15, -0.1) is 0 Å². The summed E-state index contributed by atoms with van der Waals surface area (Å²) < 4.78 is 44.4. The maximum Gasteiger partial charge on any atom is 0.417 e. The number of hydrogen-bond donors (Lipinski definition) is 1. The largest absolute Gasteiger partial charge is 0.511 e. The Bertz CT molecular complexity index is 1040. The fourth-order valence-corrected chi connectivity index (χ4v) is 4.64. The van der Waals surface area contributed by atoms with Crippen LogP contribution in [-0.4, -0.2) is 10.9 Å². The predicted molar refractivity (Wildman–Crippen MR) is 108 cm³/mol. The van der Waals surface area contributed by atoms with Crippen LogP contribution in [0, 0.1) is 11.8 Å². The van der Waals surface area contributed by atoms with Gasteiger partial charge >= 0.3 is 6.18 Å². The molecule has 0 spiro atoms. The Balaban J connectivity index is 1.70. The Morgan fingerprint density at radius 2 is 1.77 bits per heavy atom. The Labute approximate surface area is 177 Å². The van der Waals surface area contributed by atoms with E-state index in [1.165, 1.54) is 6.07 Å². The molecule has 2 aliphatic carbocycles. The topological polar surface area (TPSA) is 46.5 Å². The summed E-state index contributed by atoms with van der Waals surface area (Å²) in [7, 11) is 0. The van der Waals surface area contributed by atoms with Gasteiger partial charge in [0.25, 0.3) is 0 Å². The van der Waals surface area contributed by atoms with Crippen LogP contribution in [0.15, 0.2) is 42.2 Å². The molecule has 158 valence electrons. The molecule has 30 heavy (non-hydrogen) atoms. The van der Waals surface area contributed by atoms with Crippen molar-refractivity contribution in [3.05, 3.63) is 63.9 Å². The van der Waals surface area contributed by atoms with Crippen molar-refractivity contribution in [1.82, 2.24) is 0 Å². The van der Waals surface area contributed by atoms with Gasteiger partial charge in [-0.25, -0.2) is 0 Å². The van der Waals surface area contributed by atoms with E-state index in [9.17, 15) is 23.1 Å². The molecule has 3 nitrogen and oxygen atoms in total. The van der Waals surface area contributed by atoms with E-state index in [1.807, 2.05) is 6.92 Å². The highest BCUT2D eigenvalue weighted by atomic mass is 35.5. The van der Waals surface area contributed by atoms with Crippen LogP contribution in [0.5, 0.6) is 11.5 Å². The Morgan fingerprint density at radius 1 is 1.10 bits per heavy atom. The summed E-state index contributed by atoms with van der Waals surface area (Å²) in [5.74, 6) is 0.527. The number of ketones is 1. The molecule has 1 N–H and O–H groups in total. The number of allylic oxidation sites excluding steroid dienone is 2. The highest BCUT2D eigenvalue weighted by molar-refractivity contribution is 6.31. The van der Waals surface area contributed by atoms with E-state index < -0.39 is 16.8 Å². The van der Waals surface area contributed by atoms with Gasteiger partial charge in [0, 0.05) is 17.9 Å². The monoisotopic (exact) mass is 436 g/mol. The highest BCUT2D eigenvalue weighted by Crippen LogP contribution is 2.46. The van der Waals surface area contributed by atoms with E-state index in [2.05, 4.69) is 0 Å². The van der Waals surface area contributed by atoms with Crippen LogP contribution in [0.25, 0.3) is 5.57 Å². The molecule has 0 amide bonds. The van der Waals surface area contributed by atoms with Gasteiger partial charge in [0.15, 0.2) is 5.78 Å². The second kappa shape index (κ2) is 7.65. The molecule has 2 aromatic rings. The fraction of sp³-hybridized carbons (Fsp3) is 0.348. The molecule has 0 aliphatic heterocycles. The molecule has 2 atom stereocenters. The average molecular weight is 437 g/mol. The van der Waals surface area contributed by atoms with E-state index >= 15 is 0 Å². The predicted octanol–water partition coefficient (Wildman–Crippen LogP) is 6.98. The number of rotatable bonds is 4. The Hall–Kier alpha value is -2.47. The summed E-state index contributed by atoms with van der Waals surface area (Å²) >= 11 is 5.77. The third-order valence-electron chi connectivity index (χ3n) is 5.91. The minimum Gasteiger partial charge on any atom is -0.511 e. The summed E-state index contributed by atoms with van der Waals surface area (Å²) in [6, 6.07) is 8.34. The van der Waals surface area contributed by atoms with Crippen molar-refractivity contribution in [2.24, 2.45) is 11.8 Å². The maximum atomic E-state index is 12.9. The minimum atomic E-state index is -4.55. The van der Waals surface area contributed by atoms with Crippen LogP contribution in [-0.2, 0) is 17.4 Å². The molecule has 0 heterocycles. The number of carbonyl (C=O) groups excluding carboxylic acids is 1. The van der Waals surface area contributed by atoms with E-state index in [0.717, 1.165) is 30.5 Å². The number of fused-ring (bicyclic) bond motifs is 2. The number of carbonyl (C=O) groups is 1. The van der Waals surface area contributed by atoms with Gasteiger partial charge < -0.3 is 9.84 Å². The third kappa shape index (κ3) is 3.69. The molecule has 0 aromatic heterocycles. The number of benzene rings is 2. The van der Waals surface area contributed by atoms with Crippen LogP contribution in [0.4, 0.5) is 13.2 Å². The van der Waals surface area contributed by atoms with Crippen molar-refractivity contribution in [3.8, 4) is 11.5 Å². The summed E-state index contributed by atoms with van der Waals surface area (Å²) in [6.07, 6.45) is -1.63. The molecular weight excluding hydrogens is 417 g/mol. The second-order valence-corrected chi connectivity index (χ2v) is 8.15. The van der Waals surface area contributed by atoms with E-state index in [4.69, 9.17) is 16.3 Å². The standard InChI is InChI=1S/C23H20ClF3O3/c1-2-12-5-6-15(30-16-7-8-18(19(24)11-16)23(25,26)27)10-17(12)20-21(28)13-3-4-14(9-13)22(20)29/h5-8,10-11,13-14,28H,2-4,9H2,1H3/t13-,14-/m1/s1. The zero-order chi connectivity index (χ0) is 21.6. The number of Topliss-reactive ketones (excluding diaryl/α,β-unsaturated/α-hetero) is 1. The average Bonchev–Trinajstić information content (AvgIpc) is 3.13. The molecule has 0 radical (unpaired) electrons. The Morgan fingerprint density at radius 3 is 2.43 bits per heavy atom. The van der Waals surface area contributed by atoms with Crippen molar-refractivity contribution in [1.29, 1.82) is 0 Å². The number of halogens is 4. The van der Waals surface area contributed by atoms with Crippen LogP contribution in [0.1, 0.15) is 42.9 Å². The lowest BCUT2D eigenvalue weighted by atomic mass is 9.81. The smallest absolute Gasteiger partial charge is 0.417 e. The number of ether oxygens (including phenoxy) is 1. The first kappa shape index (κ1) is 20.8. The minimum absolute atomic E-state index is 0.00528. The van der Waals surface area contributed by atoms with Gasteiger partial charge in [-0.3, -0.25) is 4.79 Å². The Kier molecular flexibility index (Phi) is 5.30. The quantitative estimate of drug-likeness (QED) is 0.562. The lowest BCUT2D eigenvalue weighted by Gasteiger charge is -2.23. The molecule has 1 saturated carbocycles. The highest BCUT2D eigenvalue weighted by Gasteiger charge is 2.41. The van der Waals surface area contributed by atoms with Crippen LogP contribution in [0.2, 0.25) is 5.02 Å². The molecule has 2 bridgehead atoms. The molecule has 7 heteroatoms. The van der Waals surface area contributed by atoms with Crippen LogP contribution < -0.4 is 4.74 Å². The van der Waals surface area contributed by atoms with Crippen molar-refractivity contribution in [3.63, 3.8) is 0 Å². The summed E-state index contributed by atoms with van der Waals surface area (Å²) in [6.45, 7) is 1.95. The van der Waals surface area contributed by atoms with Gasteiger partial charge in [0.2, 0.25) is 0 Å². The number of aliphatic hydroxyl groups excluding tert-OH is 1. The zero-order valence-corrected chi connectivity index (χ0v) is 17.0. The first-order chi connectivity index (χ1) is 14.2. The number of aliphatic hydroxyl groups is 1. The zero-order valence-electron chi connectivity index (χ0n) is 16.2. The van der Waals surface area contributed by atoms with Gasteiger partial charge in [-0.1, -0.05) is 24.6 Å². The molecular formula is C23H20ClF3O3. The van der Waals surface area contributed by atoms with Crippen molar-refractivity contribution in [2.75, 3.05) is 0 Å². The first-order valence-electron chi connectivity index (χ1n) is 9.84. The van der Waals surface area contributed by atoms with Crippen molar-refractivity contribution < 1.29 is 27.8 Å². The molecule has 2 aromatic carbocycles. The fourth-order valence-electron chi connectivity index (χ4n) is 4.36. The van der Waals surface area contributed by atoms with E-state index in [-0.39, 0.29) is 29.1 Å². The molecule has 1 fully saturated rings.